The van der Waals surface area contributed by atoms with Crippen molar-refractivity contribution in [2.75, 3.05) is 13.1 Å². The number of hydrogen-bond donors (Lipinski definition) is 1. The van der Waals surface area contributed by atoms with E-state index in [1.54, 1.807) is 43.3 Å². The number of benzene rings is 2. The third-order valence-corrected chi connectivity index (χ3v) is 8.49. The van der Waals surface area contributed by atoms with Crippen LogP contribution in [0.1, 0.15) is 6.92 Å². The third kappa shape index (κ3) is 3.80. The Morgan fingerprint density at radius 3 is 1.52 bits per heavy atom. The molecular weight excluding hydrogens is 334 g/mol. The van der Waals surface area contributed by atoms with Gasteiger partial charge in [-0.15, -0.1) is 0 Å². The fourth-order valence-electron chi connectivity index (χ4n) is 2.17. The normalized spacial score (nSPS) is 12.4. The summed E-state index contributed by atoms with van der Waals surface area (Å²) in [7, 11) is -8.06. The molecule has 5 nitrogen and oxygen atoms in total. The van der Waals surface area contributed by atoms with Crippen LogP contribution in [0.15, 0.2) is 70.5 Å². The molecule has 0 fully saturated rings. The molecule has 0 aromatic heterocycles. The van der Waals surface area contributed by atoms with Crippen LogP contribution >= 0.6 is 0 Å². The van der Waals surface area contributed by atoms with Crippen LogP contribution in [0.4, 0.5) is 0 Å². The van der Waals surface area contributed by atoms with Gasteiger partial charge >= 0.3 is 0 Å². The van der Waals surface area contributed by atoms with E-state index in [2.05, 4.69) is 5.32 Å². The second kappa shape index (κ2) is 7.25. The first-order valence-electron chi connectivity index (χ1n) is 7.19. The predicted molar refractivity (Wildman–Crippen MR) is 89.6 cm³/mol. The summed E-state index contributed by atoms with van der Waals surface area (Å²) in [6, 6.07) is 15.3. The van der Waals surface area contributed by atoms with Crippen molar-refractivity contribution in [2.24, 2.45) is 0 Å². The summed E-state index contributed by atoms with van der Waals surface area (Å²) < 4.78 is 49.8. The molecule has 0 aliphatic rings. The van der Waals surface area contributed by atoms with Gasteiger partial charge < -0.3 is 5.32 Å². The zero-order chi connectivity index (χ0) is 16.9. The molecule has 2 rings (SSSR count). The maximum absolute atomic E-state index is 12.8. The second-order valence-corrected chi connectivity index (χ2v) is 9.51. The zero-order valence-electron chi connectivity index (χ0n) is 12.7. The van der Waals surface area contributed by atoms with E-state index in [0.29, 0.717) is 6.54 Å². The van der Waals surface area contributed by atoms with E-state index in [1.807, 2.05) is 0 Å². The molecular formula is C16H19NO4S2. The minimum Gasteiger partial charge on any atom is -0.315 e. The molecule has 0 heterocycles. The van der Waals surface area contributed by atoms with E-state index in [1.165, 1.54) is 24.3 Å². The molecule has 0 aliphatic carbocycles. The van der Waals surface area contributed by atoms with Gasteiger partial charge in [0.05, 0.1) is 9.79 Å². The van der Waals surface area contributed by atoms with Gasteiger partial charge in [-0.3, -0.25) is 0 Å². The third-order valence-electron chi connectivity index (χ3n) is 3.40. The predicted octanol–water partition coefficient (Wildman–Crippen LogP) is 1.87. The summed E-state index contributed by atoms with van der Waals surface area (Å²) in [5, 5.41) is 2.84. The first-order valence-corrected chi connectivity index (χ1v) is 10.3. The Kier molecular flexibility index (Phi) is 5.56. The highest BCUT2D eigenvalue weighted by molar-refractivity contribution is 8.09. The van der Waals surface area contributed by atoms with Crippen molar-refractivity contribution >= 4 is 19.7 Å². The Labute approximate surface area is 137 Å². The van der Waals surface area contributed by atoms with Crippen molar-refractivity contribution in [3.05, 3.63) is 60.7 Å². The quantitative estimate of drug-likeness (QED) is 0.822. The van der Waals surface area contributed by atoms with Gasteiger partial charge in [0.1, 0.15) is 0 Å². The Morgan fingerprint density at radius 1 is 0.783 bits per heavy atom. The lowest BCUT2D eigenvalue weighted by atomic mass is 10.4. The van der Waals surface area contributed by atoms with Gasteiger partial charge in [-0.2, -0.15) is 0 Å². The highest BCUT2D eigenvalue weighted by Crippen LogP contribution is 2.25. The Bertz CT molecular complexity index is 763. The van der Waals surface area contributed by atoms with Gasteiger partial charge in [0.25, 0.3) is 0 Å². The van der Waals surface area contributed by atoms with Crippen LogP contribution in [0.5, 0.6) is 0 Å². The lowest BCUT2D eigenvalue weighted by molar-refractivity contribution is 0.566. The fourth-order valence-corrected chi connectivity index (χ4v) is 6.53. The van der Waals surface area contributed by atoms with Gasteiger partial charge in [-0.05, 0) is 30.8 Å². The van der Waals surface area contributed by atoms with E-state index >= 15 is 0 Å². The minimum atomic E-state index is -4.03. The number of nitrogens with one attached hydrogen (secondary N) is 1. The molecule has 0 radical (unpaired) electrons. The maximum Gasteiger partial charge on any atom is 0.197 e. The van der Waals surface area contributed by atoms with Crippen LogP contribution in [0.25, 0.3) is 0 Å². The Morgan fingerprint density at radius 2 is 1.17 bits per heavy atom. The topological polar surface area (TPSA) is 80.3 Å². The smallest absolute Gasteiger partial charge is 0.197 e. The number of rotatable bonds is 7. The summed E-state index contributed by atoms with van der Waals surface area (Å²) in [5.41, 5.74) is 0. The number of hydrogen-bond acceptors (Lipinski definition) is 5. The summed E-state index contributed by atoms with van der Waals surface area (Å²) >= 11 is 0. The fraction of sp³-hybridized carbons (Fsp3) is 0.250. The molecule has 0 atom stereocenters. The van der Waals surface area contributed by atoms with Crippen molar-refractivity contribution in [1.82, 2.24) is 5.32 Å². The van der Waals surface area contributed by atoms with Crippen LogP contribution < -0.4 is 5.32 Å². The molecule has 0 spiro atoms. The lowest BCUT2D eigenvalue weighted by Gasteiger charge is -2.19. The molecule has 2 aromatic rings. The van der Waals surface area contributed by atoms with E-state index in [0.717, 1.165) is 0 Å². The molecule has 1 N–H and O–H groups in total. The molecule has 23 heavy (non-hydrogen) atoms. The zero-order valence-corrected chi connectivity index (χ0v) is 14.3. The molecule has 7 heteroatoms. The standard InChI is InChI=1S/C16H19NO4S2/c1-2-17-13-16(22(18,19)14-9-5-3-6-10-14)23(20,21)15-11-7-4-8-12-15/h3-12,16-17H,2,13H2,1H3. The maximum atomic E-state index is 12.8. The average molecular weight is 353 g/mol. The number of sulfone groups is 2. The molecule has 0 aliphatic heterocycles. The van der Waals surface area contributed by atoms with Gasteiger partial charge in [0.15, 0.2) is 24.3 Å². The monoisotopic (exact) mass is 353 g/mol. The van der Waals surface area contributed by atoms with Crippen LogP contribution in [0.3, 0.4) is 0 Å². The van der Waals surface area contributed by atoms with Crippen molar-refractivity contribution in [2.45, 2.75) is 21.3 Å². The van der Waals surface area contributed by atoms with Crippen LogP contribution in [-0.2, 0) is 19.7 Å². The molecule has 0 unspecified atom stereocenters. The van der Waals surface area contributed by atoms with Crippen LogP contribution in [0.2, 0.25) is 0 Å². The SMILES string of the molecule is CCNCC(S(=O)(=O)c1ccccc1)S(=O)(=O)c1ccccc1. The van der Waals surface area contributed by atoms with Gasteiger partial charge in [-0.1, -0.05) is 43.3 Å². The highest BCUT2D eigenvalue weighted by Gasteiger charge is 2.39. The van der Waals surface area contributed by atoms with Crippen LogP contribution in [-0.4, -0.2) is 34.5 Å². The molecule has 0 saturated heterocycles. The van der Waals surface area contributed by atoms with Gasteiger partial charge in [0, 0.05) is 6.54 Å². The molecule has 0 bridgehead atoms. The lowest BCUT2D eigenvalue weighted by Crippen LogP contribution is -2.39. The summed E-state index contributed by atoms with van der Waals surface area (Å²) in [5.74, 6) is 0. The van der Waals surface area contributed by atoms with E-state index in [4.69, 9.17) is 0 Å². The van der Waals surface area contributed by atoms with Crippen molar-refractivity contribution < 1.29 is 16.8 Å². The average Bonchev–Trinajstić information content (AvgIpc) is 2.56. The van der Waals surface area contributed by atoms with E-state index in [-0.39, 0.29) is 16.3 Å². The van der Waals surface area contributed by atoms with E-state index in [9.17, 15) is 16.8 Å². The summed E-state index contributed by atoms with van der Waals surface area (Å²) in [6.07, 6.45) is 0. The summed E-state index contributed by atoms with van der Waals surface area (Å²) in [4.78, 5) is 0.00446. The molecule has 2 aromatic carbocycles. The first kappa shape index (κ1) is 17.7. The second-order valence-electron chi connectivity index (χ2n) is 4.95. The minimum absolute atomic E-state index is 0.00223. The van der Waals surface area contributed by atoms with Gasteiger partial charge in [0.2, 0.25) is 0 Å². The highest BCUT2D eigenvalue weighted by atomic mass is 32.3. The molecule has 124 valence electrons. The molecule has 0 saturated carbocycles. The first-order chi connectivity index (χ1) is 10.9. The Balaban J connectivity index is 2.54. The summed E-state index contributed by atoms with van der Waals surface area (Å²) in [6.45, 7) is 2.11. The van der Waals surface area contributed by atoms with Crippen molar-refractivity contribution in [3.63, 3.8) is 0 Å². The van der Waals surface area contributed by atoms with Crippen molar-refractivity contribution in [3.8, 4) is 0 Å². The van der Waals surface area contributed by atoms with Crippen molar-refractivity contribution in [1.29, 1.82) is 0 Å². The van der Waals surface area contributed by atoms with Crippen LogP contribution in [0, 0.1) is 0 Å². The Hall–Kier alpha value is -1.70. The van der Waals surface area contributed by atoms with E-state index < -0.39 is 24.3 Å². The van der Waals surface area contributed by atoms with Gasteiger partial charge in [-0.25, -0.2) is 16.8 Å². The largest absolute Gasteiger partial charge is 0.315 e. The molecule has 0 amide bonds.